The number of hydrogen-bond donors (Lipinski definition) is 2. The molecule has 1 saturated carbocycles. The first-order valence-electron chi connectivity index (χ1n) is 9.36. The summed E-state index contributed by atoms with van der Waals surface area (Å²) in [7, 11) is 0. The normalized spacial score (nSPS) is 15.3. The molecule has 1 aromatic rings. The van der Waals surface area contributed by atoms with E-state index in [1.165, 1.54) is 6.92 Å². The van der Waals surface area contributed by atoms with E-state index in [-0.39, 0.29) is 23.7 Å². The van der Waals surface area contributed by atoms with Crippen molar-refractivity contribution in [1.82, 2.24) is 5.32 Å². The minimum absolute atomic E-state index is 0.173. The van der Waals surface area contributed by atoms with Gasteiger partial charge in [0.05, 0.1) is 12.2 Å². The average Bonchev–Trinajstić information content (AvgIpc) is 3.14. The molecular weight excluding hydrogens is 332 g/mol. The van der Waals surface area contributed by atoms with Crippen molar-refractivity contribution in [3.8, 4) is 0 Å². The van der Waals surface area contributed by atoms with Gasteiger partial charge in [0.25, 0.3) is 0 Å². The fourth-order valence-electron chi connectivity index (χ4n) is 3.21. The van der Waals surface area contributed by atoms with Gasteiger partial charge in [-0.05, 0) is 49.4 Å². The lowest BCUT2D eigenvalue weighted by molar-refractivity contribution is -0.126. The molecule has 2 rings (SSSR count). The van der Waals surface area contributed by atoms with Crippen molar-refractivity contribution in [2.45, 2.75) is 58.4 Å². The van der Waals surface area contributed by atoms with Crippen LogP contribution in [0.1, 0.15) is 62.7 Å². The molecule has 0 bridgehead atoms. The number of carbonyl (C=O) groups excluding carboxylic acids is 3. The molecule has 142 valence electrons. The maximum absolute atomic E-state index is 12.6. The van der Waals surface area contributed by atoms with Gasteiger partial charge in [0, 0.05) is 12.6 Å². The Balaban J connectivity index is 1.96. The van der Waals surface area contributed by atoms with Crippen LogP contribution in [-0.4, -0.2) is 30.4 Å². The molecule has 6 nitrogen and oxygen atoms in total. The summed E-state index contributed by atoms with van der Waals surface area (Å²) in [6.07, 6.45) is 5.87. The molecule has 1 aliphatic carbocycles. The maximum Gasteiger partial charge on any atom is 0.338 e. The van der Waals surface area contributed by atoms with Gasteiger partial charge in [0.2, 0.25) is 11.8 Å². The minimum Gasteiger partial charge on any atom is -0.462 e. The summed E-state index contributed by atoms with van der Waals surface area (Å²) < 4.78 is 5.17. The van der Waals surface area contributed by atoms with Crippen molar-refractivity contribution in [2.75, 3.05) is 11.9 Å². The number of carbonyl (C=O) groups is 3. The summed E-state index contributed by atoms with van der Waals surface area (Å²) in [5.41, 5.74) is 1.04. The highest BCUT2D eigenvalue weighted by Gasteiger charge is 2.31. The first kappa shape index (κ1) is 19.9. The van der Waals surface area contributed by atoms with Crippen molar-refractivity contribution >= 4 is 23.5 Å². The number of benzene rings is 1. The molecule has 1 atom stereocenters. The van der Waals surface area contributed by atoms with E-state index < -0.39 is 6.04 Å². The van der Waals surface area contributed by atoms with Crippen LogP contribution in [0, 0.1) is 5.92 Å². The number of nitrogens with one attached hydrogen (secondary N) is 2. The number of anilines is 1. The lowest BCUT2D eigenvalue weighted by Crippen LogP contribution is -2.47. The molecule has 0 spiro atoms. The first-order chi connectivity index (χ1) is 12.5. The lowest BCUT2D eigenvalue weighted by Gasteiger charge is -2.23. The molecule has 0 heterocycles. The van der Waals surface area contributed by atoms with Gasteiger partial charge < -0.3 is 15.4 Å². The third-order valence-corrected chi connectivity index (χ3v) is 4.63. The lowest BCUT2D eigenvalue weighted by atomic mass is 9.97. The van der Waals surface area contributed by atoms with E-state index in [1.54, 1.807) is 24.3 Å². The summed E-state index contributed by atoms with van der Waals surface area (Å²) in [5, 5.41) is 5.61. The SMILES string of the molecule is CCCCOC(=O)c1ccc(NC(=O)C(NC(C)=O)C2CCCC2)cc1. The van der Waals surface area contributed by atoms with Crippen LogP contribution in [-0.2, 0) is 14.3 Å². The molecule has 26 heavy (non-hydrogen) atoms. The summed E-state index contributed by atoms with van der Waals surface area (Å²) in [5.74, 6) is -0.613. The van der Waals surface area contributed by atoms with Crippen molar-refractivity contribution in [3.63, 3.8) is 0 Å². The highest BCUT2D eigenvalue weighted by molar-refractivity contribution is 5.97. The number of unbranched alkanes of at least 4 members (excludes halogenated alkanes) is 1. The number of hydrogen-bond acceptors (Lipinski definition) is 4. The average molecular weight is 360 g/mol. The number of ether oxygens (including phenoxy) is 1. The Hall–Kier alpha value is -2.37. The molecule has 0 aliphatic heterocycles. The van der Waals surface area contributed by atoms with E-state index in [1.807, 2.05) is 6.92 Å². The molecule has 0 aromatic heterocycles. The summed E-state index contributed by atoms with van der Waals surface area (Å²) >= 11 is 0. The molecule has 1 aliphatic rings. The highest BCUT2D eigenvalue weighted by Crippen LogP contribution is 2.28. The topological polar surface area (TPSA) is 84.5 Å². The Morgan fingerprint density at radius 2 is 1.81 bits per heavy atom. The summed E-state index contributed by atoms with van der Waals surface area (Å²) in [6.45, 7) is 3.87. The van der Waals surface area contributed by atoms with Gasteiger partial charge in [-0.25, -0.2) is 4.79 Å². The van der Waals surface area contributed by atoms with Gasteiger partial charge in [-0.2, -0.15) is 0 Å². The Morgan fingerprint density at radius 3 is 2.38 bits per heavy atom. The maximum atomic E-state index is 12.6. The molecule has 2 amide bonds. The Morgan fingerprint density at radius 1 is 1.15 bits per heavy atom. The summed E-state index contributed by atoms with van der Waals surface area (Å²) in [4.78, 5) is 36.0. The molecule has 2 N–H and O–H groups in total. The second-order valence-electron chi connectivity index (χ2n) is 6.78. The van der Waals surface area contributed by atoms with Crippen molar-refractivity contribution in [2.24, 2.45) is 5.92 Å². The van der Waals surface area contributed by atoms with Crippen LogP contribution in [0.15, 0.2) is 24.3 Å². The van der Waals surface area contributed by atoms with Crippen LogP contribution in [0.2, 0.25) is 0 Å². The number of rotatable bonds is 8. The van der Waals surface area contributed by atoms with Gasteiger partial charge in [0.1, 0.15) is 6.04 Å². The van der Waals surface area contributed by atoms with Crippen LogP contribution in [0.4, 0.5) is 5.69 Å². The fourth-order valence-corrected chi connectivity index (χ4v) is 3.21. The molecule has 6 heteroatoms. The van der Waals surface area contributed by atoms with Crippen LogP contribution < -0.4 is 10.6 Å². The monoisotopic (exact) mass is 360 g/mol. The van der Waals surface area contributed by atoms with Crippen molar-refractivity contribution < 1.29 is 19.1 Å². The Labute approximate surface area is 154 Å². The minimum atomic E-state index is -0.520. The predicted molar refractivity (Wildman–Crippen MR) is 99.8 cm³/mol. The van der Waals surface area contributed by atoms with E-state index in [0.29, 0.717) is 17.9 Å². The summed E-state index contributed by atoms with van der Waals surface area (Å²) in [6, 6.07) is 6.09. The van der Waals surface area contributed by atoms with E-state index in [2.05, 4.69) is 10.6 Å². The number of amides is 2. The zero-order valence-corrected chi connectivity index (χ0v) is 15.5. The zero-order valence-electron chi connectivity index (χ0n) is 15.5. The van der Waals surface area contributed by atoms with Gasteiger partial charge in [-0.3, -0.25) is 9.59 Å². The van der Waals surface area contributed by atoms with E-state index in [4.69, 9.17) is 4.74 Å². The largest absolute Gasteiger partial charge is 0.462 e. The van der Waals surface area contributed by atoms with Crippen LogP contribution in [0.25, 0.3) is 0 Å². The number of esters is 1. The molecule has 1 unspecified atom stereocenters. The van der Waals surface area contributed by atoms with Crippen LogP contribution in [0.3, 0.4) is 0 Å². The van der Waals surface area contributed by atoms with Crippen molar-refractivity contribution in [1.29, 1.82) is 0 Å². The molecule has 0 radical (unpaired) electrons. The highest BCUT2D eigenvalue weighted by atomic mass is 16.5. The smallest absolute Gasteiger partial charge is 0.338 e. The van der Waals surface area contributed by atoms with E-state index >= 15 is 0 Å². The van der Waals surface area contributed by atoms with Gasteiger partial charge in [0.15, 0.2) is 0 Å². The molecule has 0 saturated heterocycles. The fraction of sp³-hybridized carbons (Fsp3) is 0.550. The van der Waals surface area contributed by atoms with Gasteiger partial charge in [-0.15, -0.1) is 0 Å². The third kappa shape index (κ3) is 5.86. The van der Waals surface area contributed by atoms with Crippen LogP contribution >= 0.6 is 0 Å². The van der Waals surface area contributed by atoms with Gasteiger partial charge in [-0.1, -0.05) is 26.2 Å². The Kier molecular flexibility index (Phi) is 7.63. The predicted octanol–water partition coefficient (Wildman–Crippen LogP) is 3.28. The molecular formula is C20H28N2O4. The quantitative estimate of drug-likeness (QED) is 0.550. The van der Waals surface area contributed by atoms with Gasteiger partial charge >= 0.3 is 5.97 Å². The van der Waals surface area contributed by atoms with E-state index in [9.17, 15) is 14.4 Å². The zero-order chi connectivity index (χ0) is 18.9. The second kappa shape index (κ2) is 9.94. The van der Waals surface area contributed by atoms with Crippen LogP contribution in [0.5, 0.6) is 0 Å². The van der Waals surface area contributed by atoms with Crippen molar-refractivity contribution in [3.05, 3.63) is 29.8 Å². The third-order valence-electron chi connectivity index (χ3n) is 4.63. The molecule has 1 fully saturated rings. The first-order valence-corrected chi connectivity index (χ1v) is 9.36. The second-order valence-corrected chi connectivity index (χ2v) is 6.78. The molecule has 1 aromatic carbocycles. The Bertz CT molecular complexity index is 621. The standard InChI is InChI=1S/C20H28N2O4/c1-3-4-13-26-20(25)16-9-11-17(12-10-16)22-19(24)18(21-14(2)23)15-7-5-6-8-15/h9-12,15,18H,3-8,13H2,1-2H3,(H,21,23)(H,22,24). The van der Waals surface area contributed by atoms with E-state index in [0.717, 1.165) is 38.5 Å².